The molecule has 2 aliphatic heterocycles. The third-order valence-electron chi connectivity index (χ3n) is 7.33. The average Bonchev–Trinajstić information content (AvgIpc) is 3.15. The highest BCUT2D eigenvalue weighted by molar-refractivity contribution is 5.75. The van der Waals surface area contributed by atoms with Crippen LogP contribution < -0.4 is 5.69 Å². The molecule has 0 aliphatic carbocycles. The highest BCUT2D eigenvalue weighted by atomic mass is 16.1. The molecule has 1 aromatic heterocycles. The minimum atomic E-state index is 0.0397. The first-order valence-corrected chi connectivity index (χ1v) is 11.4. The Balaban J connectivity index is 1.18. The van der Waals surface area contributed by atoms with Crippen LogP contribution in [0.2, 0.25) is 0 Å². The van der Waals surface area contributed by atoms with Crippen molar-refractivity contribution in [2.24, 2.45) is 0 Å². The van der Waals surface area contributed by atoms with Crippen molar-refractivity contribution in [1.82, 2.24) is 19.4 Å². The first kappa shape index (κ1) is 19.6. The maximum Gasteiger partial charge on any atom is 0.326 e. The Kier molecular flexibility index (Phi) is 5.48. The molecule has 2 fully saturated rings. The quantitative estimate of drug-likeness (QED) is 0.709. The van der Waals surface area contributed by atoms with E-state index in [1.54, 1.807) is 0 Å². The zero-order chi connectivity index (χ0) is 20.5. The molecule has 2 aromatic carbocycles. The van der Waals surface area contributed by atoms with Gasteiger partial charge < -0.3 is 9.88 Å². The topological polar surface area (TPSA) is 44.3 Å². The SMILES string of the molecule is C[C@@H](c1ccccc1)N1CCC(N2CCC(n3c(=O)[nH]c4ccccc43)CC2)CC1. The number of H-pyrrole nitrogens is 1. The van der Waals surface area contributed by atoms with Crippen molar-refractivity contribution in [3.05, 3.63) is 70.6 Å². The monoisotopic (exact) mass is 404 g/mol. The van der Waals surface area contributed by atoms with Crippen LogP contribution in [0.4, 0.5) is 0 Å². The van der Waals surface area contributed by atoms with Crippen LogP contribution in [0.25, 0.3) is 11.0 Å². The van der Waals surface area contributed by atoms with E-state index < -0.39 is 0 Å². The van der Waals surface area contributed by atoms with Gasteiger partial charge >= 0.3 is 5.69 Å². The Hall–Kier alpha value is -2.37. The number of hydrogen-bond acceptors (Lipinski definition) is 3. The van der Waals surface area contributed by atoms with Crippen LogP contribution in [0.1, 0.15) is 50.3 Å². The highest BCUT2D eigenvalue weighted by Crippen LogP contribution is 2.30. The van der Waals surface area contributed by atoms with Gasteiger partial charge in [-0.05, 0) is 50.3 Å². The van der Waals surface area contributed by atoms with Gasteiger partial charge in [-0.1, -0.05) is 42.5 Å². The minimum Gasteiger partial charge on any atom is -0.306 e. The van der Waals surface area contributed by atoms with E-state index in [0.717, 1.165) is 37.0 Å². The zero-order valence-electron chi connectivity index (χ0n) is 17.8. The largest absolute Gasteiger partial charge is 0.326 e. The third kappa shape index (κ3) is 3.72. The van der Waals surface area contributed by atoms with E-state index >= 15 is 0 Å². The van der Waals surface area contributed by atoms with E-state index in [4.69, 9.17) is 0 Å². The van der Waals surface area contributed by atoms with Gasteiger partial charge in [0, 0.05) is 44.3 Å². The Morgan fingerprint density at radius 1 is 0.833 bits per heavy atom. The average molecular weight is 405 g/mol. The zero-order valence-corrected chi connectivity index (χ0v) is 17.8. The summed E-state index contributed by atoms with van der Waals surface area (Å²) in [5, 5.41) is 0. The number of aromatic amines is 1. The van der Waals surface area contributed by atoms with E-state index in [1.165, 1.54) is 31.5 Å². The molecule has 0 bridgehead atoms. The molecule has 3 heterocycles. The summed E-state index contributed by atoms with van der Waals surface area (Å²) in [6.45, 7) is 6.86. The lowest BCUT2D eigenvalue weighted by Gasteiger charge is -2.43. The van der Waals surface area contributed by atoms with Crippen LogP contribution in [-0.2, 0) is 0 Å². The Morgan fingerprint density at radius 2 is 1.47 bits per heavy atom. The number of aromatic nitrogens is 2. The fourth-order valence-electron chi connectivity index (χ4n) is 5.53. The van der Waals surface area contributed by atoms with Crippen molar-refractivity contribution in [3.8, 4) is 0 Å². The lowest BCUT2D eigenvalue weighted by atomic mass is 9.96. The number of likely N-dealkylation sites (tertiary alicyclic amines) is 2. The normalized spacial score (nSPS) is 21.2. The fourth-order valence-corrected chi connectivity index (χ4v) is 5.53. The molecule has 3 aromatic rings. The lowest BCUT2D eigenvalue weighted by Crippen LogP contribution is -2.48. The summed E-state index contributed by atoms with van der Waals surface area (Å²) in [6, 6.07) is 20.4. The molecule has 5 heteroatoms. The fraction of sp³-hybridized carbons (Fsp3) is 0.480. The number of benzene rings is 2. The highest BCUT2D eigenvalue weighted by Gasteiger charge is 2.31. The number of piperidine rings is 2. The minimum absolute atomic E-state index is 0.0397. The van der Waals surface area contributed by atoms with Crippen LogP contribution in [0.15, 0.2) is 59.4 Å². The van der Waals surface area contributed by atoms with E-state index in [2.05, 4.69) is 58.1 Å². The summed E-state index contributed by atoms with van der Waals surface area (Å²) >= 11 is 0. The molecule has 5 rings (SSSR count). The van der Waals surface area contributed by atoms with Crippen LogP contribution >= 0.6 is 0 Å². The van der Waals surface area contributed by atoms with Gasteiger partial charge in [-0.15, -0.1) is 0 Å². The first-order chi connectivity index (χ1) is 14.7. The van der Waals surface area contributed by atoms with Crippen molar-refractivity contribution in [2.45, 2.75) is 50.7 Å². The van der Waals surface area contributed by atoms with E-state index in [0.29, 0.717) is 18.1 Å². The Bertz CT molecular complexity index is 1020. The van der Waals surface area contributed by atoms with E-state index in [1.807, 2.05) is 22.8 Å². The predicted octanol–water partition coefficient (Wildman–Crippen LogP) is 4.19. The summed E-state index contributed by atoms with van der Waals surface area (Å²) in [6.07, 6.45) is 4.61. The van der Waals surface area contributed by atoms with Gasteiger partial charge in [0.2, 0.25) is 0 Å². The lowest BCUT2D eigenvalue weighted by molar-refractivity contribution is 0.0657. The second-order valence-corrected chi connectivity index (χ2v) is 8.94. The number of hydrogen-bond donors (Lipinski definition) is 1. The smallest absolute Gasteiger partial charge is 0.306 e. The molecule has 0 radical (unpaired) electrons. The molecule has 5 nitrogen and oxygen atoms in total. The van der Waals surface area contributed by atoms with E-state index in [-0.39, 0.29) is 5.69 Å². The third-order valence-corrected chi connectivity index (χ3v) is 7.33. The number of fused-ring (bicyclic) bond motifs is 1. The molecular formula is C25H32N4O. The summed E-state index contributed by atoms with van der Waals surface area (Å²) in [7, 11) is 0. The van der Waals surface area contributed by atoms with Gasteiger partial charge in [0.25, 0.3) is 0 Å². The molecule has 0 spiro atoms. The van der Waals surface area contributed by atoms with Gasteiger partial charge in [0.05, 0.1) is 11.0 Å². The molecule has 158 valence electrons. The second-order valence-electron chi connectivity index (χ2n) is 8.94. The number of imidazole rings is 1. The van der Waals surface area contributed by atoms with Crippen molar-refractivity contribution in [1.29, 1.82) is 0 Å². The van der Waals surface area contributed by atoms with Crippen molar-refractivity contribution in [2.75, 3.05) is 26.2 Å². The first-order valence-electron chi connectivity index (χ1n) is 11.4. The molecule has 2 saturated heterocycles. The molecule has 2 aliphatic rings. The maximum atomic E-state index is 12.5. The van der Waals surface area contributed by atoms with Crippen LogP contribution in [0.5, 0.6) is 0 Å². The second kappa shape index (κ2) is 8.40. The summed E-state index contributed by atoms with van der Waals surface area (Å²) in [4.78, 5) is 20.9. The van der Waals surface area contributed by atoms with Crippen LogP contribution in [-0.4, -0.2) is 51.6 Å². The standard InChI is InChI=1S/C25H32N4O/c1-19(20-7-3-2-4-8-20)27-15-11-21(12-16-27)28-17-13-22(14-18-28)29-24-10-6-5-9-23(24)26-25(29)30/h2-10,19,21-22H,11-18H2,1H3,(H,26,30)/t19-/m0/s1. The van der Waals surface area contributed by atoms with Crippen molar-refractivity contribution in [3.63, 3.8) is 0 Å². The van der Waals surface area contributed by atoms with Crippen LogP contribution in [0.3, 0.4) is 0 Å². The molecule has 1 atom stereocenters. The van der Waals surface area contributed by atoms with Crippen molar-refractivity contribution >= 4 is 11.0 Å². The number of nitrogens with one attached hydrogen (secondary N) is 1. The van der Waals surface area contributed by atoms with Gasteiger partial charge in [0.15, 0.2) is 0 Å². The van der Waals surface area contributed by atoms with Gasteiger partial charge in [0.1, 0.15) is 0 Å². The molecule has 1 N–H and O–H groups in total. The molecule has 0 unspecified atom stereocenters. The number of nitrogens with zero attached hydrogens (tertiary/aromatic N) is 3. The molecular weight excluding hydrogens is 372 g/mol. The predicted molar refractivity (Wildman–Crippen MR) is 122 cm³/mol. The maximum absolute atomic E-state index is 12.5. The summed E-state index contributed by atoms with van der Waals surface area (Å²) < 4.78 is 2.00. The molecule has 30 heavy (non-hydrogen) atoms. The van der Waals surface area contributed by atoms with E-state index in [9.17, 15) is 4.79 Å². The summed E-state index contributed by atoms with van der Waals surface area (Å²) in [5.41, 5.74) is 3.45. The Labute approximate surface area is 178 Å². The number of rotatable bonds is 4. The van der Waals surface area contributed by atoms with Crippen molar-refractivity contribution < 1.29 is 0 Å². The van der Waals surface area contributed by atoms with Gasteiger partial charge in [-0.3, -0.25) is 9.47 Å². The summed E-state index contributed by atoms with van der Waals surface area (Å²) in [5.74, 6) is 0. The molecule has 0 saturated carbocycles. The Morgan fingerprint density at radius 3 is 2.20 bits per heavy atom. The molecule has 0 amide bonds. The number of para-hydroxylation sites is 2. The van der Waals surface area contributed by atoms with Gasteiger partial charge in [-0.2, -0.15) is 0 Å². The van der Waals surface area contributed by atoms with Crippen LogP contribution in [0, 0.1) is 0 Å². The van der Waals surface area contributed by atoms with Gasteiger partial charge in [-0.25, -0.2) is 4.79 Å².